The molecular formula is C15H18N4O3. The molecule has 1 heterocycles. The van der Waals surface area contributed by atoms with Gasteiger partial charge in [-0.2, -0.15) is 5.10 Å². The van der Waals surface area contributed by atoms with Gasteiger partial charge in [0.25, 0.3) is 5.56 Å². The van der Waals surface area contributed by atoms with E-state index >= 15 is 0 Å². The van der Waals surface area contributed by atoms with E-state index in [1.807, 2.05) is 0 Å². The van der Waals surface area contributed by atoms with E-state index in [1.165, 1.54) is 4.90 Å². The van der Waals surface area contributed by atoms with E-state index in [-0.39, 0.29) is 30.2 Å². The second-order valence-corrected chi connectivity index (χ2v) is 4.96. The van der Waals surface area contributed by atoms with Crippen molar-refractivity contribution in [1.29, 1.82) is 0 Å². The van der Waals surface area contributed by atoms with Crippen molar-refractivity contribution in [2.45, 2.75) is 12.8 Å². The number of carbonyl (C=O) groups excluding carboxylic acids is 2. The predicted molar refractivity (Wildman–Crippen MR) is 82.4 cm³/mol. The van der Waals surface area contributed by atoms with Crippen LogP contribution < -0.4 is 10.9 Å². The average Bonchev–Trinajstić information content (AvgIpc) is 2.54. The van der Waals surface area contributed by atoms with Crippen molar-refractivity contribution in [3.05, 3.63) is 40.3 Å². The first-order valence-corrected chi connectivity index (χ1v) is 6.93. The number of amides is 2. The molecule has 0 aliphatic carbocycles. The van der Waals surface area contributed by atoms with Gasteiger partial charge in [-0.1, -0.05) is 18.2 Å². The van der Waals surface area contributed by atoms with Crippen LogP contribution in [0.3, 0.4) is 0 Å². The molecule has 0 unspecified atom stereocenters. The molecule has 2 rings (SSSR count). The number of aromatic amines is 1. The fourth-order valence-electron chi connectivity index (χ4n) is 2.10. The number of likely N-dealkylation sites (N-methyl/N-ethyl adjacent to an activating group) is 1. The molecule has 7 nitrogen and oxygen atoms in total. The van der Waals surface area contributed by atoms with Crippen LogP contribution in [-0.2, 0) is 16.0 Å². The van der Waals surface area contributed by atoms with Crippen molar-refractivity contribution in [1.82, 2.24) is 20.4 Å². The Labute approximate surface area is 127 Å². The number of aromatic nitrogens is 2. The zero-order valence-electron chi connectivity index (χ0n) is 12.5. The number of nitrogens with one attached hydrogen (secondary N) is 2. The minimum absolute atomic E-state index is 0.0710. The monoisotopic (exact) mass is 302 g/mol. The smallest absolute Gasteiger partial charge is 0.272 e. The van der Waals surface area contributed by atoms with E-state index in [1.54, 1.807) is 38.4 Å². The highest BCUT2D eigenvalue weighted by Crippen LogP contribution is 2.13. The zero-order valence-corrected chi connectivity index (χ0v) is 12.5. The van der Waals surface area contributed by atoms with Gasteiger partial charge in [0.15, 0.2) is 0 Å². The van der Waals surface area contributed by atoms with Gasteiger partial charge in [-0.25, -0.2) is 5.10 Å². The van der Waals surface area contributed by atoms with Crippen molar-refractivity contribution < 1.29 is 9.59 Å². The van der Waals surface area contributed by atoms with E-state index in [2.05, 4.69) is 15.5 Å². The zero-order chi connectivity index (χ0) is 16.1. The Hall–Kier alpha value is -2.70. The SMILES string of the molecule is CNC(=O)CCN(C)C(=O)Cc1n[nH]c(=O)c2ccccc12. The summed E-state index contributed by atoms with van der Waals surface area (Å²) in [6.07, 6.45) is 0.320. The quantitative estimate of drug-likeness (QED) is 0.816. The van der Waals surface area contributed by atoms with Crippen LogP contribution in [-0.4, -0.2) is 47.6 Å². The molecule has 0 saturated carbocycles. The van der Waals surface area contributed by atoms with Crippen LogP contribution in [0.25, 0.3) is 10.8 Å². The maximum absolute atomic E-state index is 12.2. The van der Waals surface area contributed by atoms with Crippen molar-refractivity contribution in [3.8, 4) is 0 Å². The van der Waals surface area contributed by atoms with E-state index in [0.29, 0.717) is 23.0 Å². The highest BCUT2D eigenvalue weighted by atomic mass is 16.2. The molecule has 1 aromatic heterocycles. The van der Waals surface area contributed by atoms with Crippen LogP contribution >= 0.6 is 0 Å². The molecular weight excluding hydrogens is 284 g/mol. The van der Waals surface area contributed by atoms with E-state index < -0.39 is 0 Å². The summed E-state index contributed by atoms with van der Waals surface area (Å²) in [6, 6.07) is 7.02. The minimum Gasteiger partial charge on any atom is -0.359 e. The second kappa shape index (κ2) is 6.84. The van der Waals surface area contributed by atoms with Gasteiger partial charge in [0.2, 0.25) is 11.8 Å². The van der Waals surface area contributed by atoms with Crippen LogP contribution in [0.1, 0.15) is 12.1 Å². The van der Waals surface area contributed by atoms with Gasteiger partial charge < -0.3 is 10.2 Å². The lowest BCUT2D eigenvalue weighted by molar-refractivity contribution is -0.129. The maximum atomic E-state index is 12.2. The number of nitrogens with zero attached hydrogens (tertiary/aromatic N) is 2. The molecule has 2 aromatic rings. The lowest BCUT2D eigenvalue weighted by atomic mass is 10.1. The predicted octanol–water partition coefficient (Wildman–Crippen LogP) is 0.0601. The van der Waals surface area contributed by atoms with Crippen molar-refractivity contribution >= 4 is 22.6 Å². The molecule has 7 heteroatoms. The lowest BCUT2D eigenvalue weighted by Crippen LogP contribution is -2.32. The number of rotatable bonds is 5. The molecule has 2 amide bonds. The van der Waals surface area contributed by atoms with E-state index in [0.717, 1.165) is 0 Å². The first-order chi connectivity index (χ1) is 10.5. The Morgan fingerprint density at radius 3 is 2.64 bits per heavy atom. The number of carbonyl (C=O) groups is 2. The Morgan fingerprint density at radius 1 is 1.27 bits per heavy atom. The highest BCUT2D eigenvalue weighted by molar-refractivity contribution is 5.88. The van der Waals surface area contributed by atoms with Gasteiger partial charge in [-0.3, -0.25) is 14.4 Å². The fourth-order valence-corrected chi connectivity index (χ4v) is 2.10. The Morgan fingerprint density at radius 2 is 1.95 bits per heavy atom. The summed E-state index contributed by atoms with van der Waals surface area (Å²) in [6.45, 7) is 0.333. The average molecular weight is 302 g/mol. The molecule has 0 radical (unpaired) electrons. The summed E-state index contributed by atoms with van der Waals surface area (Å²) < 4.78 is 0. The third-order valence-corrected chi connectivity index (χ3v) is 3.47. The van der Waals surface area contributed by atoms with Gasteiger partial charge in [0.05, 0.1) is 17.5 Å². The molecule has 0 fully saturated rings. The van der Waals surface area contributed by atoms with Crippen LogP contribution in [0.2, 0.25) is 0 Å². The summed E-state index contributed by atoms with van der Waals surface area (Å²) in [4.78, 5) is 36.6. The van der Waals surface area contributed by atoms with Gasteiger partial charge >= 0.3 is 0 Å². The number of fused-ring (bicyclic) bond motifs is 1. The molecule has 0 saturated heterocycles. The molecule has 0 spiro atoms. The maximum Gasteiger partial charge on any atom is 0.272 e. The molecule has 1 aromatic carbocycles. The Bertz CT molecular complexity index is 754. The Balaban J connectivity index is 2.14. The summed E-state index contributed by atoms with van der Waals surface area (Å²) in [5, 5.41) is 10.1. The number of hydrogen-bond donors (Lipinski definition) is 2. The van der Waals surface area contributed by atoms with Crippen molar-refractivity contribution in [2.75, 3.05) is 20.6 Å². The topological polar surface area (TPSA) is 95.2 Å². The van der Waals surface area contributed by atoms with Gasteiger partial charge in [0.1, 0.15) is 0 Å². The summed E-state index contributed by atoms with van der Waals surface area (Å²) in [5.41, 5.74) is 0.242. The standard InChI is InChI=1S/C15H18N4O3/c1-16-13(20)7-8-19(2)14(21)9-12-10-5-3-4-6-11(10)15(22)18-17-12/h3-6H,7-9H2,1-2H3,(H,16,20)(H,18,22). The minimum atomic E-state index is -0.278. The second-order valence-electron chi connectivity index (χ2n) is 4.96. The summed E-state index contributed by atoms with van der Waals surface area (Å²) >= 11 is 0. The van der Waals surface area contributed by atoms with Gasteiger partial charge in [-0.15, -0.1) is 0 Å². The third-order valence-electron chi connectivity index (χ3n) is 3.47. The molecule has 0 aliphatic heterocycles. The van der Waals surface area contributed by atoms with Crippen LogP contribution in [0.5, 0.6) is 0 Å². The third kappa shape index (κ3) is 3.49. The van der Waals surface area contributed by atoms with Crippen molar-refractivity contribution in [3.63, 3.8) is 0 Å². The number of H-pyrrole nitrogens is 1. The number of hydrogen-bond acceptors (Lipinski definition) is 4. The highest BCUT2D eigenvalue weighted by Gasteiger charge is 2.14. The first-order valence-electron chi connectivity index (χ1n) is 6.93. The van der Waals surface area contributed by atoms with Crippen molar-refractivity contribution in [2.24, 2.45) is 0 Å². The van der Waals surface area contributed by atoms with Gasteiger partial charge in [0, 0.05) is 32.4 Å². The molecule has 2 N–H and O–H groups in total. The molecule has 0 atom stereocenters. The lowest BCUT2D eigenvalue weighted by Gasteiger charge is -2.16. The van der Waals surface area contributed by atoms with Crippen LogP contribution in [0.15, 0.2) is 29.1 Å². The largest absolute Gasteiger partial charge is 0.359 e. The first kappa shape index (κ1) is 15.7. The normalized spacial score (nSPS) is 10.5. The summed E-state index contributed by atoms with van der Waals surface area (Å²) in [5.74, 6) is -0.277. The van der Waals surface area contributed by atoms with Crippen LogP contribution in [0.4, 0.5) is 0 Å². The molecule has 116 valence electrons. The summed E-state index contributed by atoms with van der Waals surface area (Å²) in [7, 11) is 3.19. The Kier molecular flexibility index (Phi) is 4.88. The van der Waals surface area contributed by atoms with E-state index in [9.17, 15) is 14.4 Å². The van der Waals surface area contributed by atoms with E-state index in [4.69, 9.17) is 0 Å². The molecule has 0 aliphatic rings. The molecule has 22 heavy (non-hydrogen) atoms. The molecule has 0 bridgehead atoms. The van der Waals surface area contributed by atoms with Gasteiger partial charge in [-0.05, 0) is 6.07 Å². The fraction of sp³-hybridized carbons (Fsp3) is 0.333. The number of benzene rings is 1. The van der Waals surface area contributed by atoms with Crippen LogP contribution in [0, 0.1) is 0 Å².